The van der Waals surface area contributed by atoms with Gasteiger partial charge in [-0.15, -0.1) is 0 Å². The molecule has 0 unspecified atom stereocenters. The number of carbonyl (C=O) groups is 2. The third-order valence-corrected chi connectivity index (χ3v) is 6.66. The van der Waals surface area contributed by atoms with Crippen molar-refractivity contribution < 1.29 is 38.4 Å². The minimum Gasteiger partial charge on any atom is -0.476 e. The van der Waals surface area contributed by atoms with Crippen molar-refractivity contribution in [1.29, 1.82) is 0 Å². The molecule has 1 fully saturated rings. The van der Waals surface area contributed by atoms with Gasteiger partial charge in [0, 0.05) is 12.4 Å². The van der Waals surface area contributed by atoms with Crippen LogP contribution in [-0.4, -0.2) is 71.5 Å². The van der Waals surface area contributed by atoms with Gasteiger partial charge in [-0.05, 0) is 18.9 Å². The second-order valence-electron chi connectivity index (χ2n) is 9.73. The number of anilines is 1. The molecule has 14 heteroatoms. The van der Waals surface area contributed by atoms with Crippen LogP contribution < -0.4 is 11.0 Å². The van der Waals surface area contributed by atoms with Crippen LogP contribution in [0.25, 0.3) is 0 Å². The number of carboxylic acids is 1. The first-order chi connectivity index (χ1) is 19.1. The zero-order chi connectivity index (χ0) is 29.3. The number of carbonyl (C=O) groups excluding carboxylic acids is 1. The predicted molar refractivity (Wildman–Crippen MR) is 138 cm³/mol. The first-order valence-electron chi connectivity index (χ1n) is 13.4. The lowest BCUT2D eigenvalue weighted by Crippen LogP contribution is -2.41. The smallest absolute Gasteiger partial charge is 0.356 e. The maximum absolute atomic E-state index is 14.4. The number of aliphatic hydroxyl groups is 2. The van der Waals surface area contributed by atoms with Gasteiger partial charge in [-0.3, -0.25) is 9.36 Å². The Balaban J connectivity index is 1.64. The fourth-order valence-electron chi connectivity index (χ4n) is 4.43. The number of alkyl halides is 2. The Kier molecular flexibility index (Phi) is 11.2. The van der Waals surface area contributed by atoms with Crippen LogP contribution in [0.2, 0.25) is 0 Å². The normalized spacial score (nSPS) is 20.0. The van der Waals surface area contributed by atoms with Crippen LogP contribution >= 0.6 is 0 Å². The van der Waals surface area contributed by atoms with Gasteiger partial charge in [-0.1, -0.05) is 58.3 Å². The zero-order valence-corrected chi connectivity index (χ0v) is 22.3. The SMILES string of the molecule is CCCCCCCCCCCc1cnc(C(=O)O)c(C(=O)Nc2ccn([C@@H]3O[C@H](CO)[C@@H](O)C3(F)F)c(=O)n2)n1. The van der Waals surface area contributed by atoms with Gasteiger partial charge in [-0.2, -0.15) is 13.8 Å². The van der Waals surface area contributed by atoms with E-state index in [4.69, 9.17) is 9.84 Å². The van der Waals surface area contributed by atoms with Gasteiger partial charge in [0.15, 0.2) is 17.5 Å². The highest BCUT2D eigenvalue weighted by Gasteiger charge is 2.59. The van der Waals surface area contributed by atoms with Crippen LogP contribution in [-0.2, 0) is 11.2 Å². The van der Waals surface area contributed by atoms with E-state index in [1.54, 1.807) is 0 Å². The molecular formula is C26H35F2N5O7. The number of aliphatic hydroxyl groups excluding tert-OH is 2. The van der Waals surface area contributed by atoms with Gasteiger partial charge in [0.05, 0.1) is 12.3 Å². The minimum absolute atomic E-state index is 0.353. The number of halogens is 2. The summed E-state index contributed by atoms with van der Waals surface area (Å²) in [6.45, 7) is 1.28. The van der Waals surface area contributed by atoms with Crippen molar-refractivity contribution in [1.82, 2.24) is 19.5 Å². The summed E-state index contributed by atoms with van der Waals surface area (Å²) in [5.41, 5.74) is -1.88. The number of hydrogen-bond donors (Lipinski definition) is 4. The van der Waals surface area contributed by atoms with E-state index in [9.17, 15) is 33.4 Å². The summed E-state index contributed by atoms with van der Waals surface area (Å²) in [7, 11) is 0. The van der Waals surface area contributed by atoms with E-state index in [0.717, 1.165) is 37.9 Å². The summed E-state index contributed by atoms with van der Waals surface area (Å²) in [4.78, 5) is 48.5. The molecule has 0 spiro atoms. The monoisotopic (exact) mass is 567 g/mol. The number of aromatic carboxylic acids is 1. The van der Waals surface area contributed by atoms with Crippen LogP contribution in [0, 0.1) is 0 Å². The molecule has 1 aliphatic heterocycles. The molecule has 40 heavy (non-hydrogen) atoms. The van der Waals surface area contributed by atoms with Crippen molar-refractivity contribution in [3.8, 4) is 0 Å². The molecule has 0 radical (unpaired) electrons. The van der Waals surface area contributed by atoms with Crippen molar-refractivity contribution in [3.05, 3.63) is 46.0 Å². The highest BCUT2D eigenvalue weighted by molar-refractivity contribution is 6.08. The summed E-state index contributed by atoms with van der Waals surface area (Å²) in [6.07, 6.45) is 6.57. The van der Waals surface area contributed by atoms with Crippen molar-refractivity contribution in [2.24, 2.45) is 0 Å². The lowest BCUT2D eigenvalue weighted by atomic mass is 10.1. The highest BCUT2D eigenvalue weighted by atomic mass is 19.3. The molecule has 220 valence electrons. The number of aryl methyl sites for hydroxylation is 1. The van der Waals surface area contributed by atoms with Crippen LogP contribution in [0.15, 0.2) is 23.3 Å². The molecule has 1 amide bonds. The van der Waals surface area contributed by atoms with E-state index < -0.39 is 59.9 Å². The summed E-state index contributed by atoms with van der Waals surface area (Å²) in [5.74, 6) is -6.73. The average Bonchev–Trinajstić information content (AvgIpc) is 3.15. The molecule has 3 rings (SSSR count). The number of ether oxygens (including phenoxy) is 1. The average molecular weight is 568 g/mol. The minimum atomic E-state index is -3.90. The number of nitrogens with one attached hydrogen (secondary N) is 1. The second-order valence-corrected chi connectivity index (χ2v) is 9.73. The summed E-state index contributed by atoms with van der Waals surface area (Å²) in [6, 6.07) is 1.03. The fourth-order valence-corrected chi connectivity index (χ4v) is 4.43. The molecule has 4 N–H and O–H groups in total. The number of nitrogens with zero attached hydrogens (tertiary/aromatic N) is 4. The van der Waals surface area contributed by atoms with E-state index in [1.165, 1.54) is 38.3 Å². The zero-order valence-electron chi connectivity index (χ0n) is 22.3. The van der Waals surface area contributed by atoms with Crippen LogP contribution in [0.5, 0.6) is 0 Å². The largest absolute Gasteiger partial charge is 0.476 e. The number of carboxylic acid groups (broad SMARTS) is 1. The Morgan fingerprint density at radius 2 is 1.73 bits per heavy atom. The molecule has 0 aromatic carbocycles. The third-order valence-electron chi connectivity index (χ3n) is 6.66. The van der Waals surface area contributed by atoms with Gasteiger partial charge < -0.3 is 25.4 Å². The first kappa shape index (κ1) is 31.2. The summed E-state index contributed by atoms with van der Waals surface area (Å²) in [5, 5.41) is 30.5. The van der Waals surface area contributed by atoms with Crippen molar-refractivity contribution in [2.75, 3.05) is 11.9 Å². The fraction of sp³-hybridized carbons (Fsp3) is 0.615. The molecule has 2 aromatic rings. The molecule has 0 bridgehead atoms. The number of aromatic nitrogens is 4. The van der Waals surface area contributed by atoms with E-state index in [1.807, 2.05) is 0 Å². The third kappa shape index (κ3) is 7.64. The molecule has 3 heterocycles. The van der Waals surface area contributed by atoms with Crippen LogP contribution in [0.3, 0.4) is 0 Å². The molecule has 1 aliphatic rings. The van der Waals surface area contributed by atoms with E-state index in [0.29, 0.717) is 16.7 Å². The Morgan fingerprint density at radius 1 is 1.07 bits per heavy atom. The van der Waals surface area contributed by atoms with E-state index in [-0.39, 0.29) is 5.82 Å². The van der Waals surface area contributed by atoms with Crippen molar-refractivity contribution in [2.45, 2.75) is 95.5 Å². The quantitative estimate of drug-likeness (QED) is 0.234. The summed E-state index contributed by atoms with van der Waals surface area (Å²) >= 11 is 0. The van der Waals surface area contributed by atoms with Gasteiger partial charge in [0.2, 0.25) is 6.23 Å². The molecule has 0 aliphatic carbocycles. The molecule has 0 saturated carbocycles. The summed E-state index contributed by atoms with van der Waals surface area (Å²) < 4.78 is 34.1. The molecule has 3 atom stereocenters. The Bertz CT molecular complexity index is 1230. The Hall–Kier alpha value is -3.36. The number of amides is 1. The highest BCUT2D eigenvalue weighted by Crippen LogP contribution is 2.42. The van der Waals surface area contributed by atoms with Crippen LogP contribution in [0.1, 0.15) is 97.6 Å². The lowest BCUT2D eigenvalue weighted by molar-refractivity contribution is -0.140. The van der Waals surface area contributed by atoms with Gasteiger partial charge in [-0.25, -0.2) is 19.6 Å². The maximum atomic E-state index is 14.4. The van der Waals surface area contributed by atoms with Crippen molar-refractivity contribution in [3.63, 3.8) is 0 Å². The van der Waals surface area contributed by atoms with Gasteiger partial charge in [0.25, 0.3) is 5.91 Å². The molecule has 12 nitrogen and oxygen atoms in total. The van der Waals surface area contributed by atoms with E-state index in [2.05, 4.69) is 27.2 Å². The van der Waals surface area contributed by atoms with E-state index >= 15 is 0 Å². The predicted octanol–water partition coefficient (Wildman–Crippen LogP) is 2.94. The lowest BCUT2D eigenvalue weighted by Gasteiger charge is -2.21. The topological polar surface area (TPSA) is 177 Å². The number of hydrogen-bond acceptors (Lipinski definition) is 9. The maximum Gasteiger partial charge on any atom is 0.356 e. The van der Waals surface area contributed by atoms with Gasteiger partial charge in [0.1, 0.15) is 11.9 Å². The standard InChI is InChI=1S/C26H35F2N5O7/c1-2-3-4-5-6-7-8-9-10-11-16-14-29-20(23(37)38)19(30-16)22(36)31-18-12-13-33(25(39)32-18)24-26(27,28)21(35)17(15-34)40-24/h12-14,17,21,24,34-35H,2-11,15H2,1H3,(H,37,38)(H,31,32,36,39)/t17-,21-,24-/m1/s1. The number of unbranched alkanes of at least 4 members (excludes halogenated alkanes) is 8. The molecular weight excluding hydrogens is 532 g/mol. The van der Waals surface area contributed by atoms with Crippen molar-refractivity contribution >= 4 is 17.7 Å². The first-order valence-corrected chi connectivity index (χ1v) is 13.4. The van der Waals surface area contributed by atoms with Gasteiger partial charge >= 0.3 is 17.6 Å². The van der Waals surface area contributed by atoms with Crippen LogP contribution in [0.4, 0.5) is 14.6 Å². The second kappa shape index (κ2) is 14.3. The Morgan fingerprint density at radius 3 is 2.30 bits per heavy atom. The number of rotatable bonds is 15. The molecule has 2 aromatic heterocycles. The molecule has 1 saturated heterocycles. The Labute approximate surface area is 229 Å².